The summed E-state index contributed by atoms with van der Waals surface area (Å²) in [6.45, 7) is 2.02. The lowest BCUT2D eigenvalue weighted by molar-refractivity contribution is -0.150. The SMILES string of the molecule is CCCCC1=C(Br)C(=O)OC1=O. The van der Waals surface area contributed by atoms with E-state index in [4.69, 9.17) is 0 Å². The summed E-state index contributed by atoms with van der Waals surface area (Å²) in [7, 11) is 0. The van der Waals surface area contributed by atoms with E-state index in [1.54, 1.807) is 0 Å². The summed E-state index contributed by atoms with van der Waals surface area (Å²) in [5.41, 5.74) is 0.474. The molecule has 4 heteroatoms. The molecule has 1 heterocycles. The van der Waals surface area contributed by atoms with Crippen LogP contribution in [0.15, 0.2) is 10.1 Å². The first-order chi connectivity index (χ1) is 5.66. The molecule has 0 aromatic carbocycles. The third-order valence-corrected chi connectivity index (χ3v) is 2.46. The van der Waals surface area contributed by atoms with Crippen molar-refractivity contribution in [3.8, 4) is 0 Å². The first kappa shape index (κ1) is 9.45. The molecule has 1 rings (SSSR count). The number of hydrogen-bond acceptors (Lipinski definition) is 3. The predicted octanol–water partition coefficient (Wildman–Crippen LogP) is 1.91. The fourth-order valence-corrected chi connectivity index (χ4v) is 1.41. The minimum absolute atomic E-state index is 0.293. The lowest BCUT2D eigenvalue weighted by Crippen LogP contribution is -2.01. The topological polar surface area (TPSA) is 43.4 Å². The van der Waals surface area contributed by atoms with Crippen LogP contribution in [0.2, 0.25) is 0 Å². The number of carbonyl (C=O) groups is 2. The Balaban J connectivity index is 2.71. The van der Waals surface area contributed by atoms with Gasteiger partial charge in [0.15, 0.2) is 0 Å². The van der Waals surface area contributed by atoms with E-state index in [1.807, 2.05) is 6.92 Å². The van der Waals surface area contributed by atoms with Crippen molar-refractivity contribution in [1.82, 2.24) is 0 Å². The quantitative estimate of drug-likeness (QED) is 0.552. The Labute approximate surface area is 78.9 Å². The molecule has 1 aliphatic heterocycles. The molecule has 0 aromatic heterocycles. The fraction of sp³-hybridized carbons (Fsp3) is 0.500. The number of carbonyl (C=O) groups excluding carboxylic acids is 2. The first-order valence-corrected chi connectivity index (χ1v) is 4.61. The van der Waals surface area contributed by atoms with E-state index in [0.717, 1.165) is 12.8 Å². The second-order valence-electron chi connectivity index (χ2n) is 2.57. The molecule has 3 nitrogen and oxygen atoms in total. The molecule has 0 atom stereocenters. The van der Waals surface area contributed by atoms with E-state index in [-0.39, 0.29) is 0 Å². The molecule has 0 aliphatic carbocycles. The van der Waals surface area contributed by atoms with E-state index in [0.29, 0.717) is 16.5 Å². The highest BCUT2D eigenvalue weighted by molar-refractivity contribution is 9.12. The summed E-state index contributed by atoms with van der Waals surface area (Å²) in [6, 6.07) is 0. The van der Waals surface area contributed by atoms with Gasteiger partial charge in [0.05, 0.1) is 5.57 Å². The van der Waals surface area contributed by atoms with Gasteiger partial charge in [-0.3, -0.25) is 0 Å². The minimum atomic E-state index is -0.564. The molecule has 0 spiro atoms. The van der Waals surface area contributed by atoms with Gasteiger partial charge in [-0.05, 0) is 28.8 Å². The van der Waals surface area contributed by atoms with Gasteiger partial charge in [0, 0.05) is 0 Å². The smallest absolute Gasteiger partial charge is 0.353 e. The van der Waals surface area contributed by atoms with Gasteiger partial charge in [0.2, 0.25) is 0 Å². The molecule has 0 N–H and O–H groups in total. The third kappa shape index (κ3) is 1.75. The minimum Gasteiger partial charge on any atom is -0.386 e. The molecule has 0 bridgehead atoms. The Morgan fingerprint density at radius 3 is 2.42 bits per heavy atom. The Hall–Kier alpha value is -0.640. The summed E-state index contributed by atoms with van der Waals surface area (Å²) < 4.78 is 4.68. The molecule has 0 saturated heterocycles. The van der Waals surface area contributed by atoms with Gasteiger partial charge in [-0.15, -0.1) is 0 Å². The maximum Gasteiger partial charge on any atom is 0.353 e. The average molecular weight is 233 g/mol. The number of rotatable bonds is 3. The summed E-state index contributed by atoms with van der Waals surface area (Å²) in [4.78, 5) is 21.8. The van der Waals surface area contributed by atoms with Crippen molar-refractivity contribution in [2.45, 2.75) is 26.2 Å². The number of cyclic esters (lactones) is 2. The van der Waals surface area contributed by atoms with Crippen LogP contribution in [0.1, 0.15) is 26.2 Å². The largest absolute Gasteiger partial charge is 0.386 e. The van der Waals surface area contributed by atoms with E-state index in [1.165, 1.54) is 0 Å². The van der Waals surface area contributed by atoms with E-state index in [2.05, 4.69) is 20.7 Å². The summed E-state index contributed by atoms with van der Waals surface area (Å²) in [6.07, 6.45) is 2.50. The second-order valence-corrected chi connectivity index (χ2v) is 3.37. The van der Waals surface area contributed by atoms with Gasteiger partial charge in [0.25, 0.3) is 0 Å². The normalized spacial score (nSPS) is 17.2. The Kier molecular flexibility index (Phi) is 3.03. The maximum absolute atomic E-state index is 11.0. The summed E-state index contributed by atoms with van der Waals surface area (Å²) >= 11 is 3.02. The van der Waals surface area contributed by atoms with Crippen LogP contribution in [-0.4, -0.2) is 11.9 Å². The van der Waals surface area contributed by atoms with Crippen LogP contribution in [0.25, 0.3) is 0 Å². The fourth-order valence-electron chi connectivity index (χ4n) is 0.969. The summed E-state index contributed by atoms with van der Waals surface area (Å²) in [5.74, 6) is -1.06. The van der Waals surface area contributed by atoms with Gasteiger partial charge in [-0.2, -0.15) is 0 Å². The highest BCUT2D eigenvalue weighted by Gasteiger charge is 2.30. The lowest BCUT2D eigenvalue weighted by atomic mass is 10.1. The zero-order chi connectivity index (χ0) is 9.14. The van der Waals surface area contributed by atoms with Crippen LogP contribution in [0.3, 0.4) is 0 Å². The molecular formula is C8H9BrO3. The Morgan fingerprint density at radius 1 is 1.33 bits per heavy atom. The van der Waals surface area contributed by atoms with Gasteiger partial charge >= 0.3 is 11.9 Å². The third-order valence-electron chi connectivity index (χ3n) is 1.66. The molecule has 0 radical (unpaired) electrons. The molecule has 0 saturated carbocycles. The van der Waals surface area contributed by atoms with Crippen molar-refractivity contribution in [3.05, 3.63) is 10.1 Å². The maximum atomic E-state index is 11.0. The molecule has 0 aromatic rings. The second kappa shape index (κ2) is 3.85. The number of esters is 2. The zero-order valence-electron chi connectivity index (χ0n) is 6.72. The number of hydrogen-bond donors (Lipinski definition) is 0. The average Bonchev–Trinajstić information content (AvgIpc) is 2.25. The van der Waals surface area contributed by atoms with Crippen molar-refractivity contribution in [2.24, 2.45) is 0 Å². The molecular weight excluding hydrogens is 224 g/mol. The van der Waals surface area contributed by atoms with Crippen molar-refractivity contribution < 1.29 is 14.3 Å². The zero-order valence-corrected chi connectivity index (χ0v) is 8.31. The van der Waals surface area contributed by atoms with Crippen molar-refractivity contribution in [1.29, 1.82) is 0 Å². The van der Waals surface area contributed by atoms with Gasteiger partial charge in [0.1, 0.15) is 4.48 Å². The van der Waals surface area contributed by atoms with Crippen LogP contribution in [0.5, 0.6) is 0 Å². The van der Waals surface area contributed by atoms with Crippen molar-refractivity contribution in [2.75, 3.05) is 0 Å². The number of unbranched alkanes of at least 4 members (excludes halogenated alkanes) is 1. The summed E-state index contributed by atoms with van der Waals surface area (Å²) in [5, 5.41) is 0. The first-order valence-electron chi connectivity index (χ1n) is 3.82. The predicted molar refractivity (Wildman–Crippen MR) is 46.6 cm³/mol. The highest BCUT2D eigenvalue weighted by Crippen LogP contribution is 2.26. The molecule has 0 amide bonds. The van der Waals surface area contributed by atoms with E-state index < -0.39 is 11.9 Å². The molecule has 66 valence electrons. The number of ether oxygens (including phenoxy) is 1. The van der Waals surface area contributed by atoms with Crippen molar-refractivity contribution >= 4 is 27.9 Å². The standard InChI is InChI=1S/C8H9BrO3/c1-2-3-4-5-6(9)8(11)12-7(5)10/h2-4H2,1H3. The van der Waals surface area contributed by atoms with Crippen LogP contribution >= 0.6 is 15.9 Å². The highest BCUT2D eigenvalue weighted by atomic mass is 79.9. The Bertz CT molecular complexity index is 255. The van der Waals surface area contributed by atoms with Crippen LogP contribution < -0.4 is 0 Å². The van der Waals surface area contributed by atoms with Gasteiger partial charge in [-0.25, -0.2) is 9.59 Å². The Morgan fingerprint density at radius 2 is 2.00 bits per heavy atom. The van der Waals surface area contributed by atoms with Gasteiger partial charge < -0.3 is 4.74 Å². The van der Waals surface area contributed by atoms with Crippen LogP contribution in [-0.2, 0) is 14.3 Å². The van der Waals surface area contributed by atoms with Crippen LogP contribution in [0, 0.1) is 0 Å². The lowest BCUT2D eigenvalue weighted by Gasteiger charge is -1.94. The van der Waals surface area contributed by atoms with Crippen LogP contribution in [0.4, 0.5) is 0 Å². The van der Waals surface area contributed by atoms with Gasteiger partial charge in [-0.1, -0.05) is 13.3 Å². The number of halogens is 1. The monoisotopic (exact) mass is 232 g/mol. The molecule has 0 unspecified atom stereocenters. The molecule has 0 fully saturated rings. The van der Waals surface area contributed by atoms with Crippen molar-refractivity contribution in [3.63, 3.8) is 0 Å². The van der Waals surface area contributed by atoms with E-state index in [9.17, 15) is 9.59 Å². The molecule has 1 aliphatic rings. The van der Waals surface area contributed by atoms with E-state index >= 15 is 0 Å². The molecule has 12 heavy (non-hydrogen) atoms.